The van der Waals surface area contributed by atoms with Crippen LogP contribution in [-0.4, -0.2) is 36.1 Å². The van der Waals surface area contributed by atoms with Crippen molar-refractivity contribution in [3.8, 4) is 0 Å². The summed E-state index contributed by atoms with van der Waals surface area (Å²) in [5, 5.41) is 3.70. The van der Waals surface area contributed by atoms with Crippen molar-refractivity contribution in [1.29, 1.82) is 0 Å². The molecule has 1 saturated heterocycles. The monoisotopic (exact) mass is 252 g/mol. The van der Waals surface area contributed by atoms with E-state index in [0.29, 0.717) is 0 Å². The Morgan fingerprint density at radius 2 is 1.78 bits per heavy atom. The molecule has 2 rings (SSSR count). The Bertz CT molecular complexity index is 233. The lowest BCUT2D eigenvalue weighted by atomic mass is 9.85. The summed E-state index contributed by atoms with van der Waals surface area (Å²) in [5.74, 6) is 0.898. The molecule has 0 spiro atoms. The second kappa shape index (κ2) is 6.91. The topological polar surface area (TPSA) is 15.3 Å². The van der Waals surface area contributed by atoms with Gasteiger partial charge >= 0.3 is 0 Å². The third-order valence-corrected chi connectivity index (χ3v) is 5.27. The minimum Gasteiger partial charge on any atom is -0.314 e. The Labute approximate surface area is 114 Å². The predicted molar refractivity (Wildman–Crippen MR) is 78.9 cm³/mol. The maximum absolute atomic E-state index is 3.70. The van der Waals surface area contributed by atoms with Crippen molar-refractivity contribution in [2.24, 2.45) is 5.92 Å². The molecule has 2 heteroatoms. The summed E-state index contributed by atoms with van der Waals surface area (Å²) in [6.45, 7) is 9.70. The molecule has 2 nitrogen and oxygen atoms in total. The highest BCUT2D eigenvalue weighted by Gasteiger charge is 2.32. The Morgan fingerprint density at radius 3 is 2.44 bits per heavy atom. The molecular formula is C16H32N2. The number of hydrogen-bond acceptors (Lipinski definition) is 2. The fraction of sp³-hybridized carbons (Fsp3) is 1.00. The Kier molecular flexibility index (Phi) is 5.50. The summed E-state index contributed by atoms with van der Waals surface area (Å²) < 4.78 is 0. The second-order valence-corrected chi connectivity index (χ2v) is 6.56. The van der Waals surface area contributed by atoms with E-state index >= 15 is 0 Å². The van der Waals surface area contributed by atoms with Gasteiger partial charge in [-0.3, -0.25) is 4.90 Å². The van der Waals surface area contributed by atoms with Crippen LogP contribution in [0.15, 0.2) is 0 Å². The number of nitrogens with one attached hydrogen (secondary N) is 1. The number of hydrogen-bond donors (Lipinski definition) is 1. The van der Waals surface area contributed by atoms with Crippen LogP contribution in [0.5, 0.6) is 0 Å². The van der Waals surface area contributed by atoms with Crippen LogP contribution in [0.1, 0.15) is 65.7 Å². The van der Waals surface area contributed by atoms with Gasteiger partial charge in [-0.1, -0.05) is 13.8 Å². The van der Waals surface area contributed by atoms with Crippen LogP contribution in [0, 0.1) is 5.92 Å². The molecule has 2 atom stereocenters. The first-order valence-corrected chi connectivity index (χ1v) is 8.21. The van der Waals surface area contributed by atoms with Crippen molar-refractivity contribution < 1.29 is 0 Å². The Balaban J connectivity index is 1.78. The van der Waals surface area contributed by atoms with Crippen molar-refractivity contribution in [2.75, 3.05) is 13.1 Å². The summed E-state index contributed by atoms with van der Waals surface area (Å²) in [6.07, 6.45) is 9.73. The van der Waals surface area contributed by atoms with Crippen LogP contribution in [0.2, 0.25) is 0 Å². The van der Waals surface area contributed by atoms with Crippen LogP contribution in [0.3, 0.4) is 0 Å². The van der Waals surface area contributed by atoms with E-state index in [1.54, 1.807) is 0 Å². The van der Waals surface area contributed by atoms with E-state index in [0.717, 1.165) is 24.0 Å². The fourth-order valence-electron chi connectivity index (χ4n) is 3.84. The standard InChI is InChI=1S/C16H32N2/c1-4-11-17-15-7-9-16(10-8-15)18-12-5-6-13(2)14(18)3/h13-17H,4-12H2,1-3H3. The first-order chi connectivity index (χ1) is 8.72. The van der Waals surface area contributed by atoms with Gasteiger partial charge in [-0.15, -0.1) is 0 Å². The summed E-state index contributed by atoms with van der Waals surface area (Å²) in [6, 6.07) is 2.49. The highest BCUT2D eigenvalue weighted by Crippen LogP contribution is 2.31. The first kappa shape index (κ1) is 14.3. The Morgan fingerprint density at radius 1 is 1.06 bits per heavy atom. The molecule has 0 aromatic heterocycles. The van der Waals surface area contributed by atoms with Gasteiger partial charge in [0, 0.05) is 18.1 Å². The van der Waals surface area contributed by atoms with Crippen LogP contribution in [0.4, 0.5) is 0 Å². The summed E-state index contributed by atoms with van der Waals surface area (Å²) in [4.78, 5) is 2.82. The van der Waals surface area contributed by atoms with Crippen LogP contribution in [-0.2, 0) is 0 Å². The Hall–Kier alpha value is -0.0800. The minimum atomic E-state index is 0.804. The van der Waals surface area contributed by atoms with Crippen LogP contribution < -0.4 is 5.32 Å². The largest absolute Gasteiger partial charge is 0.314 e. The van der Waals surface area contributed by atoms with Crippen molar-refractivity contribution in [3.05, 3.63) is 0 Å². The molecule has 1 N–H and O–H groups in total. The number of piperidine rings is 1. The van der Waals surface area contributed by atoms with Gasteiger partial charge in [0.2, 0.25) is 0 Å². The van der Waals surface area contributed by atoms with Gasteiger partial charge in [-0.05, 0) is 70.9 Å². The molecule has 2 unspecified atom stereocenters. The molecule has 1 saturated carbocycles. The molecule has 2 aliphatic rings. The lowest BCUT2D eigenvalue weighted by Gasteiger charge is -2.45. The van der Waals surface area contributed by atoms with E-state index in [2.05, 4.69) is 31.0 Å². The fourth-order valence-corrected chi connectivity index (χ4v) is 3.84. The van der Waals surface area contributed by atoms with E-state index in [4.69, 9.17) is 0 Å². The molecule has 0 aromatic rings. The molecule has 0 amide bonds. The van der Waals surface area contributed by atoms with E-state index in [1.165, 1.54) is 58.0 Å². The second-order valence-electron chi connectivity index (χ2n) is 6.56. The first-order valence-electron chi connectivity index (χ1n) is 8.21. The van der Waals surface area contributed by atoms with Gasteiger partial charge in [0.1, 0.15) is 0 Å². The van der Waals surface area contributed by atoms with Gasteiger partial charge < -0.3 is 5.32 Å². The van der Waals surface area contributed by atoms with Gasteiger partial charge in [0.25, 0.3) is 0 Å². The van der Waals surface area contributed by atoms with Crippen LogP contribution >= 0.6 is 0 Å². The third kappa shape index (κ3) is 3.48. The molecule has 1 aliphatic carbocycles. The highest BCUT2D eigenvalue weighted by atomic mass is 15.2. The zero-order valence-electron chi connectivity index (χ0n) is 12.6. The lowest BCUT2D eigenvalue weighted by molar-refractivity contribution is 0.0460. The van der Waals surface area contributed by atoms with Gasteiger partial charge in [0.15, 0.2) is 0 Å². The molecule has 0 radical (unpaired) electrons. The lowest BCUT2D eigenvalue weighted by Crippen LogP contribution is -2.50. The maximum atomic E-state index is 3.70. The van der Waals surface area contributed by atoms with E-state index < -0.39 is 0 Å². The molecule has 0 aromatic carbocycles. The summed E-state index contributed by atoms with van der Waals surface area (Å²) >= 11 is 0. The molecule has 1 aliphatic heterocycles. The van der Waals surface area contributed by atoms with E-state index in [-0.39, 0.29) is 0 Å². The number of likely N-dealkylation sites (tertiary alicyclic amines) is 1. The van der Waals surface area contributed by atoms with E-state index in [9.17, 15) is 0 Å². The SMILES string of the molecule is CCCNC1CCC(N2CCCC(C)C2C)CC1. The summed E-state index contributed by atoms with van der Waals surface area (Å²) in [7, 11) is 0. The average molecular weight is 252 g/mol. The molecule has 2 fully saturated rings. The zero-order chi connectivity index (χ0) is 13.0. The normalized spacial score (nSPS) is 38.8. The summed E-state index contributed by atoms with van der Waals surface area (Å²) in [5.41, 5.74) is 0. The molecule has 1 heterocycles. The van der Waals surface area contributed by atoms with Crippen LogP contribution in [0.25, 0.3) is 0 Å². The maximum Gasteiger partial charge on any atom is 0.00993 e. The van der Waals surface area contributed by atoms with Gasteiger partial charge in [0.05, 0.1) is 0 Å². The van der Waals surface area contributed by atoms with Gasteiger partial charge in [-0.2, -0.15) is 0 Å². The predicted octanol–water partition coefficient (Wildman–Crippen LogP) is 3.42. The third-order valence-electron chi connectivity index (χ3n) is 5.27. The molecule has 0 bridgehead atoms. The molecule has 106 valence electrons. The van der Waals surface area contributed by atoms with Crippen molar-refractivity contribution in [1.82, 2.24) is 10.2 Å². The van der Waals surface area contributed by atoms with Crippen molar-refractivity contribution in [3.63, 3.8) is 0 Å². The number of rotatable bonds is 4. The zero-order valence-corrected chi connectivity index (χ0v) is 12.6. The van der Waals surface area contributed by atoms with Crippen molar-refractivity contribution in [2.45, 2.75) is 83.8 Å². The van der Waals surface area contributed by atoms with Crippen molar-refractivity contribution >= 4 is 0 Å². The van der Waals surface area contributed by atoms with Gasteiger partial charge in [-0.25, -0.2) is 0 Å². The van der Waals surface area contributed by atoms with E-state index in [1.807, 2.05) is 0 Å². The minimum absolute atomic E-state index is 0.804. The average Bonchev–Trinajstić information content (AvgIpc) is 2.40. The smallest absolute Gasteiger partial charge is 0.00993 e. The molecule has 18 heavy (non-hydrogen) atoms. The quantitative estimate of drug-likeness (QED) is 0.825. The molecular weight excluding hydrogens is 220 g/mol. The highest BCUT2D eigenvalue weighted by molar-refractivity contribution is 4.88. The number of nitrogens with zero attached hydrogens (tertiary/aromatic N) is 1.